The molecule has 1 nitrogen and oxygen atoms in total. The molecule has 0 amide bonds. The van der Waals surface area contributed by atoms with Crippen molar-refractivity contribution in [2.45, 2.75) is 45.4 Å². The number of nitrogens with zero attached hydrogens (tertiary/aromatic N) is 1. The molecule has 0 atom stereocenters. The fraction of sp³-hybridized carbons (Fsp3) is 0.233. The molecule has 0 bridgehead atoms. The third kappa shape index (κ3) is 5.93. The first-order chi connectivity index (χ1) is 16.2. The van der Waals surface area contributed by atoms with Crippen molar-refractivity contribution < 1.29 is 4.39 Å². The zero-order chi connectivity index (χ0) is 23.0. The smallest absolute Gasteiger partial charge is 0.150 e. The number of aliphatic imine (C=N–C) groups is 1. The van der Waals surface area contributed by atoms with Crippen molar-refractivity contribution in [3.05, 3.63) is 99.9 Å². The van der Waals surface area contributed by atoms with Crippen LogP contribution in [0.3, 0.4) is 0 Å². The number of unbranched alkanes of at least 4 members (excludes halogenated alkanes) is 2. The van der Waals surface area contributed by atoms with E-state index in [1.54, 1.807) is 6.07 Å². The van der Waals surface area contributed by atoms with Gasteiger partial charge in [-0.15, -0.1) is 0 Å². The minimum Gasteiger partial charge on any atom is -0.205 e. The van der Waals surface area contributed by atoms with Crippen LogP contribution in [0.4, 0.5) is 10.1 Å². The van der Waals surface area contributed by atoms with Crippen molar-refractivity contribution >= 4 is 34.7 Å². The lowest BCUT2D eigenvalue weighted by atomic mass is 9.88. The fourth-order valence-electron chi connectivity index (χ4n) is 4.12. The van der Waals surface area contributed by atoms with Gasteiger partial charge in [0.15, 0.2) is 0 Å². The van der Waals surface area contributed by atoms with Gasteiger partial charge in [0, 0.05) is 11.1 Å². The van der Waals surface area contributed by atoms with Crippen molar-refractivity contribution in [3.8, 4) is 11.8 Å². The molecule has 0 spiro atoms. The third-order valence-electron chi connectivity index (χ3n) is 6.00. The zero-order valence-electron chi connectivity index (χ0n) is 18.8. The molecule has 0 saturated carbocycles. The summed E-state index contributed by atoms with van der Waals surface area (Å²) in [6.45, 7) is 2.23. The highest BCUT2D eigenvalue weighted by molar-refractivity contribution is 7.78. The Kier molecular flexibility index (Phi) is 7.63. The lowest BCUT2D eigenvalue weighted by Crippen LogP contribution is -2.00. The quantitative estimate of drug-likeness (QED) is 0.159. The Labute approximate surface area is 201 Å². The van der Waals surface area contributed by atoms with E-state index >= 15 is 0 Å². The van der Waals surface area contributed by atoms with E-state index < -0.39 is 0 Å². The van der Waals surface area contributed by atoms with E-state index in [1.165, 1.54) is 42.0 Å². The van der Waals surface area contributed by atoms with E-state index in [-0.39, 0.29) is 11.5 Å². The maximum Gasteiger partial charge on any atom is 0.150 e. The lowest BCUT2D eigenvalue weighted by molar-refractivity contribution is 0.629. The number of fused-ring (bicyclic) bond motifs is 1. The molecule has 0 radical (unpaired) electrons. The summed E-state index contributed by atoms with van der Waals surface area (Å²) in [5.41, 5.74) is 8.11. The maximum absolute atomic E-state index is 14.2. The second-order valence-electron chi connectivity index (χ2n) is 8.36. The molecule has 0 heterocycles. The van der Waals surface area contributed by atoms with Crippen LogP contribution < -0.4 is 0 Å². The number of halogens is 1. The highest BCUT2D eigenvalue weighted by Gasteiger charge is 2.14. The van der Waals surface area contributed by atoms with Gasteiger partial charge in [0.05, 0.1) is 5.16 Å². The van der Waals surface area contributed by atoms with Crippen molar-refractivity contribution in [1.82, 2.24) is 0 Å². The number of thiocarbonyl (C=S) groups is 1. The molecule has 0 unspecified atom stereocenters. The van der Waals surface area contributed by atoms with Crippen LogP contribution >= 0.6 is 12.2 Å². The Morgan fingerprint density at radius 3 is 2.45 bits per heavy atom. The predicted molar refractivity (Wildman–Crippen MR) is 139 cm³/mol. The van der Waals surface area contributed by atoms with E-state index in [1.807, 2.05) is 6.07 Å². The highest BCUT2D eigenvalue weighted by atomic mass is 32.1. The topological polar surface area (TPSA) is 12.4 Å². The minimum absolute atomic E-state index is 0.222. The summed E-state index contributed by atoms with van der Waals surface area (Å²) < 4.78 is 14.2. The number of hydrogen-bond acceptors (Lipinski definition) is 2. The summed E-state index contributed by atoms with van der Waals surface area (Å²) in [5, 5.41) is 2.22. The summed E-state index contributed by atoms with van der Waals surface area (Å²) in [6, 6.07) is 20.0. The standard InChI is InChI=1S/C30H26FNS/c1-2-3-4-5-22-6-8-23(9-7-22)10-11-24-12-13-26-19-27(15-14-25(26)18-24)28-16-17-30(32-21-33)29(31)20-28/h6-9,12-13,16-20H,2-5,14-15H2,1H3. The molecule has 3 aromatic rings. The summed E-state index contributed by atoms with van der Waals surface area (Å²) in [6.07, 6.45) is 8.82. The van der Waals surface area contributed by atoms with Gasteiger partial charge in [-0.25, -0.2) is 4.39 Å². The van der Waals surface area contributed by atoms with E-state index in [4.69, 9.17) is 0 Å². The number of benzene rings is 3. The summed E-state index contributed by atoms with van der Waals surface area (Å²) in [5.74, 6) is 6.22. The molecular formula is C30H26FNS. The van der Waals surface area contributed by atoms with Gasteiger partial charge in [0.25, 0.3) is 0 Å². The molecule has 33 heavy (non-hydrogen) atoms. The first-order valence-electron chi connectivity index (χ1n) is 11.5. The average Bonchev–Trinajstić information content (AvgIpc) is 2.84. The van der Waals surface area contributed by atoms with Crippen LogP contribution in [0.25, 0.3) is 11.6 Å². The summed E-state index contributed by atoms with van der Waals surface area (Å²) in [7, 11) is 0. The van der Waals surface area contributed by atoms with Crippen LogP contribution in [0, 0.1) is 17.7 Å². The van der Waals surface area contributed by atoms with Crippen LogP contribution in [0.15, 0.2) is 65.7 Å². The largest absolute Gasteiger partial charge is 0.205 e. The molecule has 1 aliphatic carbocycles. The molecule has 0 N–H and O–H groups in total. The maximum atomic E-state index is 14.2. The molecule has 4 rings (SSSR count). The summed E-state index contributed by atoms with van der Waals surface area (Å²) >= 11 is 4.57. The average molecular weight is 452 g/mol. The number of isothiocyanates is 1. The molecule has 1 aliphatic rings. The summed E-state index contributed by atoms with van der Waals surface area (Å²) in [4.78, 5) is 3.75. The molecule has 0 aliphatic heterocycles. The Morgan fingerprint density at radius 2 is 1.70 bits per heavy atom. The first-order valence-corrected chi connectivity index (χ1v) is 11.9. The van der Waals surface area contributed by atoms with Crippen LogP contribution in [-0.4, -0.2) is 5.16 Å². The SMILES string of the molecule is CCCCCc1ccc(C#Cc2ccc3c(c2)CCC(c2ccc(N=C=S)c(F)c2)=C3)cc1. The highest BCUT2D eigenvalue weighted by Crippen LogP contribution is 2.32. The van der Waals surface area contributed by atoms with Crippen molar-refractivity contribution in [2.75, 3.05) is 0 Å². The van der Waals surface area contributed by atoms with Crippen molar-refractivity contribution in [3.63, 3.8) is 0 Å². The normalized spacial score (nSPS) is 12.1. The molecule has 3 aromatic carbocycles. The van der Waals surface area contributed by atoms with Crippen molar-refractivity contribution in [1.29, 1.82) is 0 Å². The first kappa shape index (κ1) is 22.9. The van der Waals surface area contributed by atoms with Gasteiger partial charge < -0.3 is 0 Å². The van der Waals surface area contributed by atoms with Gasteiger partial charge >= 0.3 is 0 Å². The van der Waals surface area contributed by atoms with Crippen LogP contribution in [-0.2, 0) is 12.8 Å². The molecule has 164 valence electrons. The number of hydrogen-bond donors (Lipinski definition) is 0. The van der Waals surface area contributed by atoms with Crippen LogP contribution in [0.1, 0.15) is 66.0 Å². The van der Waals surface area contributed by atoms with Gasteiger partial charge in [0.2, 0.25) is 0 Å². The van der Waals surface area contributed by atoms with E-state index in [2.05, 4.69) is 89.7 Å². The molecule has 0 fully saturated rings. The molecular weight excluding hydrogens is 425 g/mol. The van der Waals surface area contributed by atoms with E-state index in [9.17, 15) is 4.39 Å². The van der Waals surface area contributed by atoms with E-state index in [0.29, 0.717) is 0 Å². The van der Waals surface area contributed by atoms with Crippen LogP contribution in [0.2, 0.25) is 0 Å². The molecule has 0 saturated heterocycles. The minimum atomic E-state index is -0.379. The Bertz CT molecular complexity index is 1290. The van der Waals surface area contributed by atoms with Gasteiger partial charge in [-0.2, -0.15) is 4.99 Å². The number of rotatable bonds is 6. The van der Waals surface area contributed by atoms with Crippen molar-refractivity contribution in [2.24, 2.45) is 4.99 Å². The Hall–Kier alpha value is -3.31. The molecule has 3 heteroatoms. The van der Waals surface area contributed by atoms with E-state index in [0.717, 1.165) is 41.5 Å². The van der Waals surface area contributed by atoms with Gasteiger partial charge in [-0.05, 0) is 102 Å². The Morgan fingerprint density at radius 1 is 0.909 bits per heavy atom. The Balaban J connectivity index is 1.48. The number of allylic oxidation sites excluding steroid dienone is 1. The lowest BCUT2D eigenvalue weighted by Gasteiger charge is -2.17. The van der Waals surface area contributed by atoms with Crippen LogP contribution in [0.5, 0.6) is 0 Å². The second-order valence-corrected chi connectivity index (χ2v) is 8.54. The number of aryl methyl sites for hydroxylation is 2. The fourth-order valence-corrected chi connectivity index (χ4v) is 4.22. The second kappa shape index (κ2) is 11.0. The predicted octanol–water partition coefficient (Wildman–Crippen LogP) is 8.18. The van der Waals surface area contributed by atoms with Gasteiger partial charge in [-0.1, -0.05) is 61.9 Å². The molecule has 0 aromatic heterocycles. The van der Waals surface area contributed by atoms with Gasteiger partial charge in [-0.3, -0.25) is 0 Å². The van der Waals surface area contributed by atoms with Gasteiger partial charge in [0.1, 0.15) is 11.5 Å². The third-order valence-corrected chi connectivity index (χ3v) is 6.09. The monoisotopic (exact) mass is 451 g/mol. The zero-order valence-corrected chi connectivity index (χ0v) is 19.6.